The fourth-order valence-corrected chi connectivity index (χ4v) is 2.53. The number of imidazole rings is 1. The van der Waals surface area contributed by atoms with Gasteiger partial charge in [0.15, 0.2) is 11.6 Å². The van der Waals surface area contributed by atoms with E-state index in [1.807, 2.05) is 30.3 Å². The second kappa shape index (κ2) is 8.38. The Morgan fingerprint density at radius 3 is 2.84 bits per heavy atom. The summed E-state index contributed by atoms with van der Waals surface area (Å²) in [5.41, 5.74) is 2.45. The van der Waals surface area contributed by atoms with Crippen LogP contribution in [0, 0.1) is 5.92 Å². The van der Waals surface area contributed by atoms with Gasteiger partial charge in [0, 0.05) is 5.69 Å². The minimum atomic E-state index is -0.0317. The van der Waals surface area contributed by atoms with Crippen LogP contribution in [-0.2, 0) is 4.79 Å². The lowest BCUT2D eigenvalue weighted by atomic mass is 10.2. The van der Waals surface area contributed by atoms with E-state index in [9.17, 15) is 4.79 Å². The van der Waals surface area contributed by atoms with Crippen LogP contribution in [-0.4, -0.2) is 29.0 Å². The zero-order chi connectivity index (χ0) is 15.6. The molecule has 0 saturated heterocycles. The number of aromatic amines is 1. The van der Waals surface area contributed by atoms with Crippen molar-refractivity contribution < 1.29 is 9.21 Å². The smallest absolute Gasteiger partial charge is 0.238 e. The molecule has 0 radical (unpaired) electrons. The first-order valence-corrected chi connectivity index (χ1v) is 7.82. The van der Waals surface area contributed by atoms with Crippen LogP contribution in [0.25, 0.3) is 22.6 Å². The predicted octanol–water partition coefficient (Wildman–Crippen LogP) is 3.60. The van der Waals surface area contributed by atoms with E-state index in [0.717, 1.165) is 29.2 Å². The summed E-state index contributed by atoms with van der Waals surface area (Å²) < 4.78 is 5.34. The van der Waals surface area contributed by atoms with Crippen molar-refractivity contribution in [2.24, 2.45) is 5.92 Å². The topological polar surface area (TPSA) is 82.9 Å². The lowest BCUT2D eigenvalue weighted by molar-refractivity contribution is -0.115. The van der Waals surface area contributed by atoms with Crippen molar-refractivity contribution in [1.29, 1.82) is 0 Å². The number of furan rings is 1. The highest BCUT2D eigenvalue weighted by Crippen LogP contribution is 2.27. The van der Waals surface area contributed by atoms with Crippen LogP contribution in [0.1, 0.15) is 12.8 Å². The number of hydrogen-bond donors (Lipinski definition) is 3. The van der Waals surface area contributed by atoms with Crippen LogP contribution in [0.15, 0.2) is 41.0 Å². The summed E-state index contributed by atoms with van der Waals surface area (Å²) in [6, 6.07) is 9.29. The van der Waals surface area contributed by atoms with Gasteiger partial charge in [0.05, 0.1) is 23.8 Å². The lowest BCUT2D eigenvalue weighted by Gasteiger charge is -2.06. The zero-order valence-corrected chi connectivity index (χ0v) is 15.1. The minimum absolute atomic E-state index is 0. The molecule has 134 valence electrons. The van der Waals surface area contributed by atoms with Crippen LogP contribution >= 0.6 is 24.8 Å². The van der Waals surface area contributed by atoms with E-state index in [1.54, 1.807) is 6.26 Å². The highest BCUT2D eigenvalue weighted by atomic mass is 35.5. The Labute approximate surface area is 157 Å². The van der Waals surface area contributed by atoms with E-state index < -0.39 is 0 Å². The molecule has 3 aromatic rings. The molecule has 2 heterocycles. The summed E-state index contributed by atoms with van der Waals surface area (Å²) in [6.45, 7) is 1.27. The van der Waals surface area contributed by atoms with Gasteiger partial charge in [0.25, 0.3) is 0 Å². The molecular weight excluding hydrogens is 363 g/mol. The molecule has 0 bridgehead atoms. The van der Waals surface area contributed by atoms with Crippen LogP contribution < -0.4 is 10.6 Å². The Kier molecular flexibility index (Phi) is 6.47. The fraction of sp³-hybridized carbons (Fsp3) is 0.294. The van der Waals surface area contributed by atoms with E-state index in [0.29, 0.717) is 18.1 Å². The average molecular weight is 383 g/mol. The summed E-state index contributed by atoms with van der Waals surface area (Å²) in [6.07, 6.45) is 4.18. The molecule has 1 amide bonds. The molecular formula is C17H20Cl2N4O2. The monoisotopic (exact) mass is 382 g/mol. The fourth-order valence-electron chi connectivity index (χ4n) is 2.53. The number of aromatic nitrogens is 2. The molecule has 1 aromatic carbocycles. The van der Waals surface area contributed by atoms with Gasteiger partial charge < -0.3 is 20.0 Å². The van der Waals surface area contributed by atoms with Gasteiger partial charge in [-0.2, -0.15) is 0 Å². The van der Waals surface area contributed by atoms with E-state index in [4.69, 9.17) is 4.42 Å². The van der Waals surface area contributed by atoms with Gasteiger partial charge in [-0.25, -0.2) is 4.98 Å². The Bertz CT molecular complexity index is 828. The van der Waals surface area contributed by atoms with Gasteiger partial charge in [-0.1, -0.05) is 0 Å². The number of carbonyl (C=O) groups excluding carboxylic acids is 1. The van der Waals surface area contributed by atoms with Gasteiger partial charge in [-0.3, -0.25) is 4.79 Å². The van der Waals surface area contributed by atoms with Gasteiger partial charge >= 0.3 is 0 Å². The first-order chi connectivity index (χ1) is 11.3. The highest BCUT2D eigenvalue weighted by molar-refractivity contribution is 5.94. The first-order valence-electron chi connectivity index (χ1n) is 7.82. The molecule has 0 aliphatic heterocycles. The summed E-state index contributed by atoms with van der Waals surface area (Å²) >= 11 is 0. The third kappa shape index (κ3) is 4.75. The SMILES string of the molecule is Cl.Cl.O=C(CNCC1CC1)Nc1ccc2nc(-c3ccco3)[nH]c2c1. The van der Waals surface area contributed by atoms with Gasteiger partial charge in [0.2, 0.25) is 5.91 Å². The Hall–Kier alpha value is -2.02. The molecule has 0 unspecified atom stereocenters. The molecule has 0 atom stereocenters. The molecule has 1 aliphatic carbocycles. The number of halogens is 2. The van der Waals surface area contributed by atoms with Crippen molar-refractivity contribution in [2.75, 3.05) is 18.4 Å². The molecule has 4 rings (SSSR count). The average Bonchev–Trinajstić information content (AvgIpc) is 3.04. The predicted molar refractivity (Wildman–Crippen MR) is 103 cm³/mol. The number of rotatable bonds is 6. The Morgan fingerprint density at radius 2 is 2.12 bits per heavy atom. The molecule has 1 aliphatic rings. The number of hydrogen-bond acceptors (Lipinski definition) is 4. The Morgan fingerprint density at radius 1 is 1.28 bits per heavy atom. The summed E-state index contributed by atoms with van der Waals surface area (Å²) in [4.78, 5) is 19.6. The molecule has 8 heteroatoms. The zero-order valence-electron chi connectivity index (χ0n) is 13.5. The van der Waals surface area contributed by atoms with Crippen molar-refractivity contribution >= 4 is 47.4 Å². The van der Waals surface area contributed by atoms with Crippen LogP contribution in [0.2, 0.25) is 0 Å². The van der Waals surface area contributed by atoms with Crippen molar-refractivity contribution in [3.63, 3.8) is 0 Å². The maximum absolute atomic E-state index is 11.9. The maximum atomic E-state index is 11.9. The first kappa shape index (κ1) is 19.3. The lowest BCUT2D eigenvalue weighted by Crippen LogP contribution is -2.29. The molecule has 0 spiro atoms. The van der Waals surface area contributed by atoms with Gasteiger partial charge in [-0.05, 0) is 55.6 Å². The van der Waals surface area contributed by atoms with Crippen molar-refractivity contribution in [3.8, 4) is 11.6 Å². The van der Waals surface area contributed by atoms with E-state index >= 15 is 0 Å². The minimum Gasteiger partial charge on any atom is -0.461 e. The number of H-pyrrole nitrogens is 1. The summed E-state index contributed by atoms with van der Waals surface area (Å²) in [5.74, 6) is 2.11. The molecule has 25 heavy (non-hydrogen) atoms. The third-order valence-electron chi connectivity index (χ3n) is 3.94. The number of carbonyl (C=O) groups is 1. The van der Waals surface area contributed by atoms with E-state index in [1.165, 1.54) is 12.8 Å². The van der Waals surface area contributed by atoms with E-state index in [-0.39, 0.29) is 30.7 Å². The van der Waals surface area contributed by atoms with Crippen LogP contribution in [0.5, 0.6) is 0 Å². The third-order valence-corrected chi connectivity index (χ3v) is 3.94. The van der Waals surface area contributed by atoms with E-state index in [2.05, 4.69) is 20.6 Å². The normalized spacial score (nSPS) is 13.1. The molecule has 2 aromatic heterocycles. The number of nitrogens with one attached hydrogen (secondary N) is 3. The molecule has 1 saturated carbocycles. The summed E-state index contributed by atoms with van der Waals surface area (Å²) in [7, 11) is 0. The number of anilines is 1. The van der Waals surface area contributed by atoms with Gasteiger partial charge in [-0.15, -0.1) is 24.8 Å². The number of amides is 1. The van der Waals surface area contributed by atoms with Crippen molar-refractivity contribution in [2.45, 2.75) is 12.8 Å². The van der Waals surface area contributed by atoms with Crippen molar-refractivity contribution in [3.05, 3.63) is 36.6 Å². The second-order valence-electron chi connectivity index (χ2n) is 5.92. The largest absolute Gasteiger partial charge is 0.461 e. The molecule has 3 N–H and O–H groups in total. The highest BCUT2D eigenvalue weighted by Gasteiger charge is 2.20. The number of nitrogens with zero attached hydrogens (tertiary/aromatic N) is 1. The summed E-state index contributed by atoms with van der Waals surface area (Å²) in [5, 5.41) is 6.08. The second-order valence-corrected chi connectivity index (χ2v) is 5.92. The van der Waals surface area contributed by atoms with Crippen molar-refractivity contribution in [1.82, 2.24) is 15.3 Å². The van der Waals surface area contributed by atoms with Gasteiger partial charge in [0.1, 0.15) is 0 Å². The Balaban J connectivity index is 0.00000113. The maximum Gasteiger partial charge on any atom is 0.238 e. The number of benzene rings is 1. The quantitative estimate of drug-likeness (QED) is 0.607. The standard InChI is InChI=1S/C17H18N4O2.2ClH/c22-16(10-18-9-11-3-4-11)19-12-5-6-13-14(8-12)21-17(20-13)15-2-1-7-23-15;;/h1-2,5-8,11,18H,3-4,9-10H2,(H,19,22)(H,20,21);2*1H. The molecule has 1 fully saturated rings. The van der Waals surface area contributed by atoms with Crippen LogP contribution in [0.3, 0.4) is 0 Å². The molecule has 6 nitrogen and oxygen atoms in total. The van der Waals surface area contributed by atoms with Crippen LogP contribution in [0.4, 0.5) is 5.69 Å². The number of fused-ring (bicyclic) bond motifs is 1.